The summed E-state index contributed by atoms with van der Waals surface area (Å²) >= 11 is 0. The van der Waals surface area contributed by atoms with Gasteiger partial charge in [0.15, 0.2) is 5.78 Å². The normalized spacial score (nSPS) is 25.3. The van der Waals surface area contributed by atoms with Crippen LogP contribution < -0.4 is 0 Å². The number of allylic oxidation sites excluding steroid dienone is 1. The molecule has 1 atom stereocenters. The molecule has 0 unspecified atom stereocenters. The lowest BCUT2D eigenvalue weighted by Crippen LogP contribution is -2.37. The van der Waals surface area contributed by atoms with Crippen LogP contribution in [0.2, 0.25) is 0 Å². The molecule has 1 aliphatic carbocycles. The molecule has 0 aliphatic heterocycles. The first-order valence-corrected chi connectivity index (χ1v) is 5.38. The van der Waals surface area contributed by atoms with Crippen molar-refractivity contribution in [3.05, 3.63) is 12.2 Å². The van der Waals surface area contributed by atoms with Gasteiger partial charge in [0.2, 0.25) is 0 Å². The Kier molecular flexibility index (Phi) is 3.66. The van der Waals surface area contributed by atoms with Crippen LogP contribution in [0.3, 0.4) is 0 Å². The van der Waals surface area contributed by atoms with Crippen molar-refractivity contribution in [2.45, 2.75) is 39.5 Å². The molecule has 0 saturated heterocycles. The number of hydrogen-bond donors (Lipinski definition) is 0. The number of rotatable bonds is 4. The average Bonchev–Trinajstić information content (AvgIpc) is 2.48. The lowest BCUT2D eigenvalue weighted by Gasteiger charge is -2.24. The van der Waals surface area contributed by atoms with Crippen LogP contribution in [0.5, 0.6) is 0 Å². The molecular formula is C12H18O3. The van der Waals surface area contributed by atoms with Crippen molar-refractivity contribution in [2.24, 2.45) is 5.41 Å². The van der Waals surface area contributed by atoms with Crippen molar-refractivity contribution in [1.82, 2.24) is 0 Å². The Labute approximate surface area is 90.5 Å². The maximum atomic E-state index is 11.8. The van der Waals surface area contributed by atoms with Crippen LogP contribution in [0.15, 0.2) is 12.2 Å². The van der Waals surface area contributed by atoms with Crippen LogP contribution in [0, 0.1) is 5.41 Å². The van der Waals surface area contributed by atoms with Gasteiger partial charge in [0, 0.05) is 6.42 Å². The highest BCUT2D eigenvalue weighted by Crippen LogP contribution is 2.41. The Hall–Kier alpha value is -1.12. The molecule has 0 radical (unpaired) electrons. The first-order valence-electron chi connectivity index (χ1n) is 5.38. The maximum Gasteiger partial charge on any atom is 0.319 e. The number of ketones is 1. The third kappa shape index (κ3) is 2.28. The number of ether oxygens (including phenoxy) is 1. The molecule has 0 bridgehead atoms. The van der Waals surface area contributed by atoms with E-state index in [1.165, 1.54) is 0 Å². The topological polar surface area (TPSA) is 43.4 Å². The van der Waals surface area contributed by atoms with Gasteiger partial charge in [0.05, 0.1) is 6.61 Å². The second-order valence-electron chi connectivity index (χ2n) is 4.21. The van der Waals surface area contributed by atoms with Gasteiger partial charge < -0.3 is 4.74 Å². The molecule has 3 nitrogen and oxygen atoms in total. The van der Waals surface area contributed by atoms with E-state index in [9.17, 15) is 9.59 Å². The summed E-state index contributed by atoms with van der Waals surface area (Å²) in [5.74, 6) is -0.348. The minimum Gasteiger partial charge on any atom is -0.465 e. The quantitative estimate of drug-likeness (QED) is 0.406. The Morgan fingerprint density at radius 3 is 2.67 bits per heavy atom. The fourth-order valence-electron chi connectivity index (χ4n) is 2.19. The zero-order valence-corrected chi connectivity index (χ0v) is 9.47. The fourth-order valence-corrected chi connectivity index (χ4v) is 2.19. The standard InChI is InChI=1S/C12H18O3/c1-4-15-11(14)12(8-9(2)3)7-5-6-10(12)13/h2,4-8H2,1,3H3/t12-/m1/s1. The van der Waals surface area contributed by atoms with Gasteiger partial charge in [-0.15, -0.1) is 6.58 Å². The van der Waals surface area contributed by atoms with Crippen molar-refractivity contribution in [2.75, 3.05) is 6.61 Å². The van der Waals surface area contributed by atoms with E-state index >= 15 is 0 Å². The Morgan fingerprint density at radius 2 is 2.27 bits per heavy atom. The molecule has 0 aromatic carbocycles. The molecule has 1 fully saturated rings. The predicted octanol–water partition coefficient (Wildman–Crippen LogP) is 2.26. The van der Waals surface area contributed by atoms with Crippen molar-refractivity contribution in [1.29, 1.82) is 0 Å². The van der Waals surface area contributed by atoms with Crippen LogP contribution >= 0.6 is 0 Å². The summed E-state index contributed by atoms with van der Waals surface area (Å²) in [5, 5.41) is 0. The summed E-state index contributed by atoms with van der Waals surface area (Å²) in [7, 11) is 0. The lowest BCUT2D eigenvalue weighted by atomic mass is 9.79. The largest absolute Gasteiger partial charge is 0.465 e. The first kappa shape index (κ1) is 12.0. The van der Waals surface area contributed by atoms with Gasteiger partial charge in [-0.1, -0.05) is 5.57 Å². The number of carbonyl (C=O) groups is 2. The molecule has 15 heavy (non-hydrogen) atoms. The SMILES string of the molecule is C=C(C)C[C@]1(C(=O)OCC)CCCC1=O. The van der Waals surface area contributed by atoms with Gasteiger partial charge in [-0.05, 0) is 33.1 Å². The van der Waals surface area contributed by atoms with Gasteiger partial charge in [-0.2, -0.15) is 0 Å². The minimum absolute atomic E-state index is 0.0175. The molecule has 0 N–H and O–H groups in total. The Morgan fingerprint density at radius 1 is 1.60 bits per heavy atom. The molecule has 84 valence electrons. The molecule has 1 rings (SSSR count). The van der Waals surface area contributed by atoms with E-state index in [-0.39, 0.29) is 11.8 Å². The molecule has 1 aliphatic rings. The van der Waals surface area contributed by atoms with E-state index in [0.29, 0.717) is 25.9 Å². The molecular weight excluding hydrogens is 192 g/mol. The van der Waals surface area contributed by atoms with Crippen molar-refractivity contribution >= 4 is 11.8 Å². The van der Waals surface area contributed by atoms with Crippen molar-refractivity contribution < 1.29 is 14.3 Å². The Balaban J connectivity index is 2.90. The third-order valence-electron chi connectivity index (χ3n) is 2.81. The number of Topliss-reactive ketones (excluding diaryl/α,β-unsaturated/α-hetero) is 1. The predicted molar refractivity (Wildman–Crippen MR) is 57.4 cm³/mol. The van der Waals surface area contributed by atoms with Gasteiger partial charge in [0.1, 0.15) is 5.41 Å². The monoisotopic (exact) mass is 210 g/mol. The molecule has 0 spiro atoms. The number of hydrogen-bond acceptors (Lipinski definition) is 3. The Bertz CT molecular complexity index is 293. The molecule has 0 heterocycles. The summed E-state index contributed by atoms with van der Waals surface area (Å²) < 4.78 is 5.00. The smallest absolute Gasteiger partial charge is 0.319 e. The molecule has 0 aromatic rings. The lowest BCUT2D eigenvalue weighted by molar-refractivity contribution is -0.158. The second kappa shape index (κ2) is 4.60. The third-order valence-corrected chi connectivity index (χ3v) is 2.81. The summed E-state index contributed by atoms with van der Waals surface area (Å²) in [5.41, 5.74) is -0.0553. The first-order chi connectivity index (χ1) is 7.03. The van der Waals surface area contributed by atoms with Crippen LogP contribution in [0.4, 0.5) is 0 Å². The van der Waals surface area contributed by atoms with Gasteiger partial charge in [-0.25, -0.2) is 0 Å². The highest BCUT2D eigenvalue weighted by molar-refractivity contribution is 6.05. The average molecular weight is 210 g/mol. The van der Waals surface area contributed by atoms with Gasteiger partial charge >= 0.3 is 5.97 Å². The zero-order valence-electron chi connectivity index (χ0n) is 9.47. The summed E-state index contributed by atoms with van der Waals surface area (Å²) in [6.45, 7) is 7.70. The zero-order chi connectivity index (χ0) is 11.5. The van der Waals surface area contributed by atoms with Gasteiger partial charge in [-0.3, -0.25) is 9.59 Å². The molecule has 0 aromatic heterocycles. The maximum absolute atomic E-state index is 11.8. The summed E-state index contributed by atoms with van der Waals surface area (Å²) in [6, 6.07) is 0. The van der Waals surface area contributed by atoms with Crippen LogP contribution in [0.1, 0.15) is 39.5 Å². The molecule has 0 amide bonds. The number of esters is 1. The van der Waals surface area contributed by atoms with Crippen LogP contribution in [0.25, 0.3) is 0 Å². The summed E-state index contributed by atoms with van der Waals surface area (Å²) in [4.78, 5) is 23.6. The molecule has 3 heteroatoms. The van der Waals surface area contributed by atoms with E-state index in [2.05, 4.69) is 6.58 Å². The van der Waals surface area contributed by atoms with Crippen LogP contribution in [-0.4, -0.2) is 18.4 Å². The van der Waals surface area contributed by atoms with E-state index in [0.717, 1.165) is 12.0 Å². The summed E-state index contributed by atoms with van der Waals surface area (Å²) in [6.07, 6.45) is 2.32. The second-order valence-corrected chi connectivity index (χ2v) is 4.21. The number of carbonyl (C=O) groups excluding carboxylic acids is 2. The fraction of sp³-hybridized carbons (Fsp3) is 0.667. The highest BCUT2D eigenvalue weighted by Gasteiger charge is 2.49. The van der Waals surface area contributed by atoms with Crippen molar-refractivity contribution in [3.8, 4) is 0 Å². The van der Waals surface area contributed by atoms with E-state index in [1.54, 1.807) is 6.92 Å². The van der Waals surface area contributed by atoms with Crippen molar-refractivity contribution in [3.63, 3.8) is 0 Å². The highest BCUT2D eigenvalue weighted by atomic mass is 16.5. The van der Waals surface area contributed by atoms with E-state index in [4.69, 9.17) is 4.74 Å². The van der Waals surface area contributed by atoms with E-state index < -0.39 is 5.41 Å². The van der Waals surface area contributed by atoms with Crippen LogP contribution in [-0.2, 0) is 14.3 Å². The van der Waals surface area contributed by atoms with Gasteiger partial charge in [0.25, 0.3) is 0 Å². The van der Waals surface area contributed by atoms with E-state index in [1.807, 2.05) is 6.92 Å². The minimum atomic E-state index is -0.915. The molecule has 1 saturated carbocycles.